The summed E-state index contributed by atoms with van der Waals surface area (Å²) in [6.07, 6.45) is 0. The van der Waals surface area contributed by atoms with Crippen LogP contribution in [-0.4, -0.2) is 5.96 Å². The van der Waals surface area contributed by atoms with Gasteiger partial charge >= 0.3 is 0 Å². The lowest BCUT2D eigenvalue weighted by Crippen LogP contribution is -2.22. The number of aliphatic imine (C=N–C) groups is 1. The molecule has 0 amide bonds. The second-order valence-electron chi connectivity index (χ2n) is 4.43. The number of anilines is 1. The zero-order chi connectivity index (χ0) is 14.5. The summed E-state index contributed by atoms with van der Waals surface area (Å²) in [6, 6.07) is 10.8. The van der Waals surface area contributed by atoms with Gasteiger partial charge in [0.1, 0.15) is 11.6 Å². The van der Waals surface area contributed by atoms with Gasteiger partial charge in [-0.25, -0.2) is 13.8 Å². The van der Waals surface area contributed by atoms with Crippen LogP contribution < -0.4 is 11.1 Å². The van der Waals surface area contributed by atoms with Gasteiger partial charge in [-0.05, 0) is 42.8 Å². The van der Waals surface area contributed by atoms with E-state index in [1.807, 2.05) is 31.2 Å². The number of nitrogens with two attached hydrogens (primary N) is 1. The van der Waals surface area contributed by atoms with Gasteiger partial charge in [0.15, 0.2) is 5.96 Å². The fourth-order valence-corrected chi connectivity index (χ4v) is 1.75. The molecule has 3 nitrogen and oxygen atoms in total. The lowest BCUT2D eigenvalue weighted by Gasteiger charge is -2.06. The molecule has 0 unspecified atom stereocenters. The number of rotatable bonds is 3. The smallest absolute Gasteiger partial charge is 0.193 e. The molecule has 0 saturated heterocycles. The Balaban J connectivity index is 2.05. The minimum atomic E-state index is -0.501. The summed E-state index contributed by atoms with van der Waals surface area (Å²) in [5.74, 6) is -0.848. The fourth-order valence-electron chi connectivity index (χ4n) is 1.75. The van der Waals surface area contributed by atoms with Crippen LogP contribution >= 0.6 is 0 Å². The molecular weight excluding hydrogens is 260 g/mol. The van der Waals surface area contributed by atoms with Gasteiger partial charge < -0.3 is 11.1 Å². The highest BCUT2D eigenvalue weighted by molar-refractivity contribution is 5.92. The van der Waals surface area contributed by atoms with E-state index in [1.165, 1.54) is 0 Å². The van der Waals surface area contributed by atoms with Crippen molar-refractivity contribution in [2.45, 2.75) is 13.5 Å². The predicted molar refractivity (Wildman–Crippen MR) is 76.5 cm³/mol. The molecule has 0 heterocycles. The first-order valence-electron chi connectivity index (χ1n) is 6.12. The summed E-state index contributed by atoms with van der Waals surface area (Å²) in [7, 11) is 0. The highest BCUT2D eigenvalue weighted by atomic mass is 19.1. The van der Waals surface area contributed by atoms with Crippen molar-refractivity contribution in [3.63, 3.8) is 0 Å². The molecule has 0 fully saturated rings. The van der Waals surface area contributed by atoms with E-state index in [0.29, 0.717) is 0 Å². The van der Waals surface area contributed by atoms with E-state index in [4.69, 9.17) is 5.73 Å². The van der Waals surface area contributed by atoms with Gasteiger partial charge in [-0.15, -0.1) is 0 Å². The number of nitrogens with zero attached hydrogens (tertiary/aromatic N) is 1. The van der Waals surface area contributed by atoms with Crippen molar-refractivity contribution in [2.75, 3.05) is 5.32 Å². The maximum Gasteiger partial charge on any atom is 0.193 e. The molecule has 0 atom stereocenters. The van der Waals surface area contributed by atoms with Crippen molar-refractivity contribution in [3.05, 3.63) is 65.2 Å². The van der Waals surface area contributed by atoms with Gasteiger partial charge in [-0.1, -0.05) is 12.1 Å². The topological polar surface area (TPSA) is 50.4 Å². The number of hydrogen-bond acceptors (Lipinski definition) is 1. The molecule has 0 aliphatic rings. The summed E-state index contributed by atoms with van der Waals surface area (Å²) in [4.78, 5) is 4.00. The number of guanidine groups is 1. The maximum atomic E-state index is 13.4. The van der Waals surface area contributed by atoms with E-state index in [9.17, 15) is 8.78 Å². The number of nitrogens with one attached hydrogen (secondary N) is 1. The van der Waals surface area contributed by atoms with Gasteiger partial charge in [0.2, 0.25) is 0 Å². The molecule has 5 heteroatoms. The first-order chi connectivity index (χ1) is 9.54. The fraction of sp³-hybridized carbons (Fsp3) is 0.133. The zero-order valence-corrected chi connectivity index (χ0v) is 11.0. The predicted octanol–water partition coefficient (Wildman–Crippen LogP) is 3.20. The normalized spacial score (nSPS) is 11.4. The Morgan fingerprint density at radius 2 is 2.00 bits per heavy atom. The first kappa shape index (κ1) is 14.0. The van der Waals surface area contributed by atoms with E-state index in [-0.39, 0.29) is 18.1 Å². The van der Waals surface area contributed by atoms with Crippen LogP contribution in [-0.2, 0) is 6.54 Å². The Hall–Kier alpha value is -2.43. The van der Waals surface area contributed by atoms with Gasteiger partial charge in [0.25, 0.3) is 0 Å². The summed E-state index contributed by atoms with van der Waals surface area (Å²) in [5.41, 5.74) is 7.76. The molecule has 20 heavy (non-hydrogen) atoms. The van der Waals surface area contributed by atoms with Crippen LogP contribution in [0.3, 0.4) is 0 Å². The minimum absolute atomic E-state index is 0.0196. The van der Waals surface area contributed by atoms with Crippen molar-refractivity contribution in [1.29, 1.82) is 0 Å². The Morgan fingerprint density at radius 3 is 2.75 bits per heavy atom. The lowest BCUT2D eigenvalue weighted by atomic mass is 10.2. The van der Waals surface area contributed by atoms with Crippen molar-refractivity contribution >= 4 is 11.6 Å². The molecule has 0 bridgehead atoms. The number of hydrogen-bond donors (Lipinski definition) is 2. The average molecular weight is 275 g/mol. The largest absolute Gasteiger partial charge is 0.370 e. The van der Waals surface area contributed by atoms with Crippen LogP contribution in [0.15, 0.2) is 47.5 Å². The second-order valence-corrected chi connectivity index (χ2v) is 4.43. The lowest BCUT2D eigenvalue weighted by molar-refractivity contribution is 0.586. The first-order valence-corrected chi connectivity index (χ1v) is 6.12. The molecule has 2 aromatic carbocycles. The van der Waals surface area contributed by atoms with Gasteiger partial charge in [-0.3, -0.25) is 0 Å². The average Bonchev–Trinajstić information content (AvgIpc) is 2.40. The van der Waals surface area contributed by atoms with Crippen LogP contribution in [0.4, 0.5) is 14.5 Å². The Labute approximate surface area is 116 Å². The summed E-state index contributed by atoms with van der Waals surface area (Å²) in [6.45, 7) is 1.94. The number of halogens is 2. The standard InChI is InChI=1S/C15H15F2N3/c1-10-3-2-4-13(7-10)20-15(18)19-9-11-8-12(16)5-6-14(11)17/h2-8H,9H2,1H3,(H3,18,19,20). The SMILES string of the molecule is Cc1cccc(NC(N)=NCc2cc(F)ccc2F)c1. The van der Waals surface area contributed by atoms with E-state index < -0.39 is 11.6 Å². The van der Waals surface area contributed by atoms with E-state index in [2.05, 4.69) is 10.3 Å². The molecule has 0 aliphatic carbocycles. The maximum absolute atomic E-state index is 13.4. The van der Waals surface area contributed by atoms with Crippen molar-refractivity contribution < 1.29 is 8.78 Å². The molecule has 0 aromatic heterocycles. The molecular formula is C15H15F2N3. The zero-order valence-electron chi connectivity index (χ0n) is 11.0. The Bertz CT molecular complexity index is 639. The van der Waals surface area contributed by atoms with Crippen molar-refractivity contribution in [3.8, 4) is 0 Å². The van der Waals surface area contributed by atoms with Crippen molar-refractivity contribution in [1.82, 2.24) is 0 Å². The molecule has 3 N–H and O–H groups in total. The Morgan fingerprint density at radius 1 is 1.20 bits per heavy atom. The number of aryl methyl sites for hydroxylation is 1. The van der Waals surface area contributed by atoms with Crippen LogP contribution in [0.2, 0.25) is 0 Å². The van der Waals surface area contributed by atoms with Crippen LogP contribution in [0.25, 0.3) is 0 Å². The van der Waals surface area contributed by atoms with Crippen LogP contribution in [0.5, 0.6) is 0 Å². The number of benzene rings is 2. The molecule has 2 rings (SSSR count). The highest BCUT2D eigenvalue weighted by Crippen LogP contribution is 2.12. The molecule has 0 spiro atoms. The molecule has 0 aliphatic heterocycles. The summed E-state index contributed by atoms with van der Waals surface area (Å²) in [5, 5.41) is 2.90. The second kappa shape index (κ2) is 6.14. The van der Waals surface area contributed by atoms with E-state index >= 15 is 0 Å². The summed E-state index contributed by atoms with van der Waals surface area (Å²) >= 11 is 0. The quantitative estimate of drug-likeness (QED) is 0.667. The third-order valence-electron chi connectivity index (χ3n) is 2.72. The third kappa shape index (κ3) is 3.78. The van der Waals surface area contributed by atoms with Gasteiger partial charge in [0.05, 0.1) is 6.54 Å². The van der Waals surface area contributed by atoms with Crippen molar-refractivity contribution in [2.24, 2.45) is 10.7 Å². The van der Waals surface area contributed by atoms with Gasteiger partial charge in [0, 0.05) is 11.3 Å². The summed E-state index contributed by atoms with van der Waals surface area (Å²) < 4.78 is 26.4. The molecule has 0 radical (unpaired) electrons. The van der Waals surface area contributed by atoms with E-state index in [0.717, 1.165) is 29.4 Å². The molecule has 0 saturated carbocycles. The highest BCUT2D eigenvalue weighted by Gasteiger charge is 2.03. The monoisotopic (exact) mass is 275 g/mol. The van der Waals surface area contributed by atoms with Gasteiger partial charge in [-0.2, -0.15) is 0 Å². The van der Waals surface area contributed by atoms with Crippen LogP contribution in [0, 0.1) is 18.6 Å². The minimum Gasteiger partial charge on any atom is -0.370 e. The van der Waals surface area contributed by atoms with Crippen LogP contribution in [0.1, 0.15) is 11.1 Å². The Kier molecular flexibility index (Phi) is 4.30. The molecule has 104 valence electrons. The third-order valence-corrected chi connectivity index (χ3v) is 2.72. The van der Waals surface area contributed by atoms with E-state index in [1.54, 1.807) is 0 Å². The molecule has 2 aromatic rings.